The fraction of sp³-hybridized carbons (Fsp3) is 0.200. The number of carbonyl (C=O) groups excluding carboxylic acids is 1. The lowest BCUT2D eigenvalue weighted by molar-refractivity contribution is -0.385. The van der Waals surface area contributed by atoms with E-state index < -0.39 is 21.8 Å². The smallest absolute Gasteiger partial charge is 0.309 e. The Labute approximate surface area is 181 Å². The highest BCUT2D eigenvalue weighted by Gasteiger charge is 2.24. The molecule has 1 amide bonds. The number of nitro benzene ring substituents is 1. The van der Waals surface area contributed by atoms with Gasteiger partial charge in [0.15, 0.2) is 11.5 Å². The number of nitro groups is 2. The number of anilines is 1. The molecule has 166 valence electrons. The van der Waals surface area contributed by atoms with Crippen LogP contribution in [0.25, 0.3) is 0 Å². The Bertz CT molecular complexity index is 1190. The van der Waals surface area contributed by atoms with E-state index in [4.69, 9.17) is 9.47 Å². The van der Waals surface area contributed by atoms with Crippen LogP contribution in [0.1, 0.15) is 18.7 Å². The second-order valence-electron chi connectivity index (χ2n) is 6.71. The highest BCUT2D eigenvalue weighted by Crippen LogP contribution is 2.34. The Morgan fingerprint density at radius 1 is 1.12 bits per heavy atom. The van der Waals surface area contributed by atoms with Crippen molar-refractivity contribution in [1.82, 2.24) is 9.78 Å². The first-order valence-corrected chi connectivity index (χ1v) is 9.31. The molecule has 0 spiro atoms. The number of carbonyl (C=O) groups is 1. The summed E-state index contributed by atoms with van der Waals surface area (Å²) in [4.78, 5) is 33.9. The molecule has 1 N–H and O–H groups in total. The summed E-state index contributed by atoms with van der Waals surface area (Å²) in [6, 6.07) is 9.65. The maximum atomic E-state index is 12.7. The normalized spacial score (nSPS) is 11.5. The lowest BCUT2D eigenvalue weighted by Crippen LogP contribution is -2.25. The van der Waals surface area contributed by atoms with Crippen LogP contribution in [0.5, 0.6) is 17.2 Å². The van der Waals surface area contributed by atoms with E-state index in [9.17, 15) is 25.0 Å². The number of amides is 1. The van der Waals surface area contributed by atoms with Crippen LogP contribution in [-0.2, 0) is 4.79 Å². The maximum Gasteiger partial charge on any atom is 0.309 e. The van der Waals surface area contributed by atoms with Crippen LogP contribution in [0.2, 0.25) is 0 Å². The molecule has 12 nitrogen and oxygen atoms in total. The van der Waals surface area contributed by atoms with Crippen LogP contribution in [-0.4, -0.2) is 32.6 Å². The summed E-state index contributed by atoms with van der Waals surface area (Å²) >= 11 is 0. The maximum absolute atomic E-state index is 12.7. The molecule has 0 saturated heterocycles. The largest absolute Gasteiger partial charge is 0.493 e. The van der Waals surface area contributed by atoms with Crippen LogP contribution in [0.15, 0.2) is 48.7 Å². The first-order valence-electron chi connectivity index (χ1n) is 9.31. The zero-order valence-electron chi connectivity index (χ0n) is 17.3. The molecule has 32 heavy (non-hydrogen) atoms. The van der Waals surface area contributed by atoms with Crippen molar-refractivity contribution >= 4 is 23.0 Å². The third kappa shape index (κ3) is 4.64. The number of hydrogen-bond donors (Lipinski definition) is 1. The van der Waals surface area contributed by atoms with Gasteiger partial charge in [-0.1, -0.05) is 12.1 Å². The van der Waals surface area contributed by atoms with Gasteiger partial charge in [0.1, 0.15) is 23.7 Å². The lowest BCUT2D eigenvalue weighted by Gasteiger charge is -2.15. The van der Waals surface area contributed by atoms with Crippen molar-refractivity contribution in [3.05, 3.63) is 74.6 Å². The Morgan fingerprint density at radius 3 is 2.41 bits per heavy atom. The third-order valence-electron chi connectivity index (χ3n) is 4.63. The molecule has 12 heteroatoms. The molecule has 0 aliphatic heterocycles. The van der Waals surface area contributed by atoms with Crippen molar-refractivity contribution in [1.29, 1.82) is 0 Å². The minimum Gasteiger partial charge on any atom is -0.493 e. The van der Waals surface area contributed by atoms with E-state index in [1.165, 1.54) is 43.8 Å². The summed E-state index contributed by atoms with van der Waals surface area (Å²) < 4.78 is 12.2. The Hall–Kier alpha value is -4.48. The molecule has 1 atom stereocenters. The van der Waals surface area contributed by atoms with E-state index in [0.717, 1.165) is 6.20 Å². The number of nitrogens with one attached hydrogen (secondary N) is 1. The Morgan fingerprint density at radius 2 is 1.81 bits per heavy atom. The van der Waals surface area contributed by atoms with Crippen molar-refractivity contribution in [3.8, 4) is 17.2 Å². The van der Waals surface area contributed by atoms with Crippen LogP contribution >= 0.6 is 0 Å². The molecular formula is C20H19N5O7. The van der Waals surface area contributed by atoms with Crippen molar-refractivity contribution in [2.45, 2.75) is 19.9 Å². The molecule has 0 aliphatic carbocycles. The van der Waals surface area contributed by atoms with Gasteiger partial charge in [0.25, 0.3) is 5.69 Å². The van der Waals surface area contributed by atoms with Gasteiger partial charge >= 0.3 is 5.69 Å². The summed E-state index contributed by atoms with van der Waals surface area (Å²) in [7, 11) is 1.46. The van der Waals surface area contributed by atoms with Gasteiger partial charge in [-0.05, 0) is 26.0 Å². The minimum atomic E-state index is -0.915. The summed E-state index contributed by atoms with van der Waals surface area (Å²) in [5.74, 6) is 0.294. The Balaban J connectivity index is 1.88. The van der Waals surface area contributed by atoms with E-state index in [-0.39, 0.29) is 28.5 Å². The van der Waals surface area contributed by atoms with E-state index in [1.54, 1.807) is 24.3 Å². The topological polar surface area (TPSA) is 152 Å². The van der Waals surface area contributed by atoms with Gasteiger partial charge in [-0.15, -0.1) is 0 Å². The molecule has 0 bridgehead atoms. The molecule has 0 aliphatic rings. The van der Waals surface area contributed by atoms with Gasteiger partial charge in [-0.25, -0.2) is 0 Å². The summed E-state index contributed by atoms with van der Waals surface area (Å²) in [5.41, 5.74) is -0.198. The van der Waals surface area contributed by atoms with E-state index in [1.807, 2.05) is 0 Å². The number of benzene rings is 2. The monoisotopic (exact) mass is 441 g/mol. The second kappa shape index (κ2) is 9.12. The Kier molecular flexibility index (Phi) is 6.33. The number of rotatable bonds is 8. The van der Waals surface area contributed by atoms with Crippen LogP contribution in [0, 0.1) is 27.2 Å². The number of methoxy groups -OCH3 is 1. The SMILES string of the molecule is COc1ccccc1Oc1cc(NC(=O)C(C)n2ncc([N+](=O)[O-])c2C)cc([N+](=O)[O-])c1. The van der Waals surface area contributed by atoms with Gasteiger partial charge in [-0.3, -0.25) is 29.7 Å². The number of ether oxygens (including phenoxy) is 2. The number of para-hydroxylation sites is 2. The quantitative estimate of drug-likeness (QED) is 0.406. The summed E-state index contributed by atoms with van der Waals surface area (Å²) in [5, 5.41) is 28.9. The standard InChI is InChI=1S/C20H19N5O7/c1-12-17(25(29)30)11-21-23(12)13(2)20(26)22-14-8-15(24(27)28)10-16(9-14)32-19-7-5-4-6-18(19)31-3/h4-11,13H,1-3H3,(H,22,26). The number of aromatic nitrogens is 2. The lowest BCUT2D eigenvalue weighted by atomic mass is 10.2. The van der Waals surface area contributed by atoms with Crippen molar-refractivity contribution in [2.75, 3.05) is 12.4 Å². The first-order chi connectivity index (χ1) is 15.2. The molecule has 0 fully saturated rings. The molecule has 3 aromatic rings. The van der Waals surface area contributed by atoms with Crippen molar-refractivity contribution in [3.63, 3.8) is 0 Å². The average Bonchev–Trinajstić information content (AvgIpc) is 3.14. The molecule has 0 radical (unpaired) electrons. The van der Waals surface area contributed by atoms with Gasteiger partial charge in [-0.2, -0.15) is 5.10 Å². The highest BCUT2D eigenvalue weighted by atomic mass is 16.6. The molecule has 1 unspecified atom stereocenters. The number of nitrogens with zero attached hydrogens (tertiary/aromatic N) is 4. The summed E-state index contributed by atoms with van der Waals surface area (Å²) in [6.07, 6.45) is 1.06. The van der Waals surface area contributed by atoms with Crippen molar-refractivity contribution in [2.24, 2.45) is 0 Å². The summed E-state index contributed by atoms with van der Waals surface area (Å²) in [6.45, 7) is 2.98. The zero-order chi connectivity index (χ0) is 23.4. The fourth-order valence-corrected chi connectivity index (χ4v) is 2.99. The molecule has 1 heterocycles. The van der Waals surface area contributed by atoms with E-state index in [0.29, 0.717) is 11.5 Å². The van der Waals surface area contributed by atoms with Gasteiger partial charge in [0.2, 0.25) is 5.91 Å². The fourth-order valence-electron chi connectivity index (χ4n) is 2.99. The predicted molar refractivity (Wildman–Crippen MR) is 113 cm³/mol. The first kappa shape index (κ1) is 22.2. The van der Waals surface area contributed by atoms with Gasteiger partial charge in [0.05, 0.1) is 28.7 Å². The average molecular weight is 441 g/mol. The number of hydrogen-bond acceptors (Lipinski definition) is 8. The highest BCUT2D eigenvalue weighted by molar-refractivity contribution is 5.94. The molecule has 2 aromatic carbocycles. The molecule has 0 saturated carbocycles. The van der Waals surface area contributed by atoms with Gasteiger partial charge < -0.3 is 14.8 Å². The van der Waals surface area contributed by atoms with Gasteiger partial charge in [0, 0.05) is 12.1 Å². The van der Waals surface area contributed by atoms with Crippen LogP contribution in [0.3, 0.4) is 0 Å². The third-order valence-corrected chi connectivity index (χ3v) is 4.63. The molecule has 1 aromatic heterocycles. The number of non-ortho nitro benzene ring substituents is 1. The van der Waals surface area contributed by atoms with Crippen LogP contribution in [0.4, 0.5) is 17.1 Å². The molecular weight excluding hydrogens is 422 g/mol. The van der Waals surface area contributed by atoms with Crippen molar-refractivity contribution < 1.29 is 24.1 Å². The van der Waals surface area contributed by atoms with E-state index in [2.05, 4.69) is 10.4 Å². The van der Waals surface area contributed by atoms with E-state index >= 15 is 0 Å². The predicted octanol–water partition coefficient (Wildman–Crippen LogP) is 4.01. The van der Waals surface area contributed by atoms with Crippen LogP contribution < -0.4 is 14.8 Å². The second-order valence-corrected chi connectivity index (χ2v) is 6.71. The minimum absolute atomic E-state index is 0.109. The zero-order valence-corrected chi connectivity index (χ0v) is 17.3. The molecule has 3 rings (SSSR count).